The van der Waals surface area contributed by atoms with E-state index in [0.717, 1.165) is 27.8 Å². The van der Waals surface area contributed by atoms with E-state index in [0.29, 0.717) is 29.4 Å². The third-order valence-electron chi connectivity index (χ3n) is 5.79. The van der Waals surface area contributed by atoms with Crippen molar-refractivity contribution in [1.29, 1.82) is 0 Å². The molecule has 0 saturated carbocycles. The fourth-order valence-electron chi connectivity index (χ4n) is 3.90. The molecule has 0 saturated heterocycles. The molecule has 35 heavy (non-hydrogen) atoms. The summed E-state index contributed by atoms with van der Waals surface area (Å²) in [4.78, 5) is 25.9. The van der Waals surface area contributed by atoms with Gasteiger partial charge in [-0.1, -0.05) is 53.6 Å². The van der Waals surface area contributed by atoms with Crippen LogP contribution < -0.4 is 4.74 Å². The van der Waals surface area contributed by atoms with E-state index >= 15 is 0 Å². The number of aryl methyl sites for hydroxylation is 1. The van der Waals surface area contributed by atoms with Crippen LogP contribution in [0, 0.1) is 6.92 Å². The van der Waals surface area contributed by atoms with Crippen molar-refractivity contribution in [2.75, 3.05) is 13.7 Å². The first-order valence-electron chi connectivity index (χ1n) is 11.4. The van der Waals surface area contributed by atoms with Crippen molar-refractivity contribution in [2.24, 2.45) is 0 Å². The largest absolute Gasteiger partial charge is 0.496 e. The van der Waals surface area contributed by atoms with Gasteiger partial charge >= 0.3 is 12.1 Å². The molecule has 3 aromatic rings. The highest BCUT2D eigenvalue weighted by molar-refractivity contribution is 6.30. The number of amides is 1. The molecule has 6 nitrogen and oxygen atoms in total. The maximum Gasteiger partial charge on any atom is 0.410 e. The topological polar surface area (TPSA) is 76.1 Å². The summed E-state index contributed by atoms with van der Waals surface area (Å²) in [5.41, 5.74) is 5.13. The minimum atomic E-state index is -0.903. The Balaban J connectivity index is 1.90. The summed E-state index contributed by atoms with van der Waals surface area (Å²) in [6, 6.07) is 18.6. The molecule has 1 atom stereocenters. The van der Waals surface area contributed by atoms with Crippen LogP contribution in [0.5, 0.6) is 5.75 Å². The van der Waals surface area contributed by atoms with Crippen molar-refractivity contribution in [1.82, 2.24) is 4.90 Å². The Bertz CT molecular complexity index is 1190. The summed E-state index contributed by atoms with van der Waals surface area (Å²) in [5, 5.41) is 9.85. The first-order valence-corrected chi connectivity index (χ1v) is 11.8. The van der Waals surface area contributed by atoms with E-state index in [1.807, 2.05) is 57.2 Å². The summed E-state index contributed by atoms with van der Waals surface area (Å²) in [7, 11) is 1.58. The summed E-state index contributed by atoms with van der Waals surface area (Å²) in [5.74, 6) is -0.272. The molecule has 0 fully saturated rings. The second kappa shape index (κ2) is 11.8. The molecule has 1 unspecified atom stereocenters. The lowest BCUT2D eigenvalue weighted by atomic mass is 9.94. The molecule has 0 bridgehead atoms. The molecular formula is C28H30ClNO5. The summed E-state index contributed by atoms with van der Waals surface area (Å²) in [6.45, 7) is 6.49. The Morgan fingerprint density at radius 2 is 1.74 bits per heavy atom. The number of carboxylic acids is 1. The molecule has 184 valence electrons. The van der Waals surface area contributed by atoms with Crippen LogP contribution in [0.1, 0.15) is 42.2 Å². The van der Waals surface area contributed by atoms with E-state index in [9.17, 15) is 14.7 Å². The van der Waals surface area contributed by atoms with Gasteiger partial charge in [-0.05, 0) is 67.3 Å². The number of ether oxygens (including phenoxy) is 2. The summed E-state index contributed by atoms with van der Waals surface area (Å²) < 4.78 is 11.3. The van der Waals surface area contributed by atoms with Crippen LogP contribution in [0.4, 0.5) is 4.79 Å². The van der Waals surface area contributed by atoms with Crippen LogP contribution in [0.15, 0.2) is 60.7 Å². The number of nitrogens with zero attached hydrogens (tertiary/aromatic N) is 1. The van der Waals surface area contributed by atoms with Gasteiger partial charge in [0.25, 0.3) is 0 Å². The third kappa shape index (κ3) is 6.76. The highest BCUT2D eigenvalue weighted by atomic mass is 35.5. The highest BCUT2D eigenvalue weighted by Gasteiger charge is 2.21. The predicted octanol–water partition coefficient (Wildman–Crippen LogP) is 6.67. The zero-order valence-corrected chi connectivity index (χ0v) is 21.1. The van der Waals surface area contributed by atoms with Crippen molar-refractivity contribution in [2.45, 2.75) is 39.8 Å². The van der Waals surface area contributed by atoms with E-state index in [-0.39, 0.29) is 6.42 Å². The van der Waals surface area contributed by atoms with Gasteiger partial charge in [0.05, 0.1) is 13.5 Å². The maximum absolute atomic E-state index is 13.0. The smallest absolute Gasteiger partial charge is 0.410 e. The minimum absolute atomic E-state index is 0.0891. The number of aliphatic carboxylic acids is 1. The Morgan fingerprint density at radius 1 is 1.03 bits per heavy atom. The number of methoxy groups -OCH3 is 1. The number of carboxylic acid groups (broad SMARTS) is 1. The van der Waals surface area contributed by atoms with Crippen LogP contribution in [0.25, 0.3) is 11.1 Å². The van der Waals surface area contributed by atoms with Gasteiger partial charge in [-0.15, -0.1) is 0 Å². The average Bonchev–Trinajstić information content (AvgIpc) is 2.82. The van der Waals surface area contributed by atoms with Crippen molar-refractivity contribution in [3.63, 3.8) is 0 Å². The molecule has 1 N–H and O–H groups in total. The van der Waals surface area contributed by atoms with Crippen molar-refractivity contribution < 1.29 is 24.2 Å². The van der Waals surface area contributed by atoms with E-state index in [1.54, 1.807) is 36.3 Å². The minimum Gasteiger partial charge on any atom is -0.496 e. The number of carbonyl (C=O) groups excluding carboxylic acids is 1. The lowest BCUT2D eigenvalue weighted by Gasteiger charge is -2.25. The summed E-state index contributed by atoms with van der Waals surface area (Å²) in [6.07, 6.45) is -0.943. The van der Waals surface area contributed by atoms with Crippen molar-refractivity contribution >= 4 is 23.7 Å². The van der Waals surface area contributed by atoms with Gasteiger partial charge < -0.3 is 19.5 Å². The second-order valence-corrected chi connectivity index (χ2v) is 8.79. The quantitative estimate of drug-likeness (QED) is 0.358. The molecule has 0 heterocycles. The molecule has 3 aromatic carbocycles. The third-order valence-corrected chi connectivity index (χ3v) is 6.04. The Hall–Kier alpha value is -3.51. The number of rotatable bonds is 9. The first-order chi connectivity index (χ1) is 16.7. The number of halogens is 1. The second-order valence-electron chi connectivity index (χ2n) is 8.36. The zero-order chi connectivity index (χ0) is 25.5. The van der Waals surface area contributed by atoms with Crippen molar-refractivity contribution in [3.05, 3.63) is 87.9 Å². The monoisotopic (exact) mass is 495 g/mol. The predicted molar refractivity (Wildman–Crippen MR) is 137 cm³/mol. The molecule has 0 aliphatic heterocycles. The summed E-state index contributed by atoms with van der Waals surface area (Å²) >= 11 is 5.97. The fraction of sp³-hybridized carbons (Fsp3) is 0.286. The first kappa shape index (κ1) is 26.1. The van der Waals surface area contributed by atoms with Crippen LogP contribution in [0.2, 0.25) is 5.02 Å². The highest BCUT2D eigenvalue weighted by Crippen LogP contribution is 2.35. The van der Waals surface area contributed by atoms with E-state index in [2.05, 4.69) is 0 Å². The van der Waals surface area contributed by atoms with Crippen molar-refractivity contribution in [3.8, 4) is 16.9 Å². The van der Waals surface area contributed by atoms with Gasteiger partial charge in [-0.25, -0.2) is 4.79 Å². The SMILES string of the molecule is CCN(Cc1cc(C)ccc1-c1cc(CC(=O)O)ccc1OC)C(=O)OC(C)c1ccc(Cl)cc1. The lowest BCUT2D eigenvalue weighted by Crippen LogP contribution is -2.31. The van der Waals surface area contributed by atoms with Crippen LogP contribution in [0.3, 0.4) is 0 Å². The molecule has 1 amide bonds. The number of hydrogen-bond donors (Lipinski definition) is 1. The number of benzene rings is 3. The van der Waals surface area contributed by atoms with E-state index in [4.69, 9.17) is 21.1 Å². The standard InChI is InChI=1S/C28H30ClNO5/c1-5-30(28(33)35-19(3)21-8-10-23(29)11-9-21)17-22-14-18(2)6-12-24(22)25-15-20(16-27(31)32)7-13-26(25)34-4/h6-15,19H,5,16-17H2,1-4H3,(H,31,32). The van der Waals surface area contributed by atoms with Crippen LogP contribution >= 0.6 is 11.6 Å². The Morgan fingerprint density at radius 3 is 2.37 bits per heavy atom. The van der Waals surface area contributed by atoms with Crippen LogP contribution in [-0.2, 0) is 22.5 Å². The molecular weight excluding hydrogens is 466 g/mol. The normalized spacial score (nSPS) is 11.6. The Kier molecular flexibility index (Phi) is 8.77. The van der Waals surface area contributed by atoms with Gasteiger partial charge in [0.2, 0.25) is 0 Å². The molecule has 0 aromatic heterocycles. The van der Waals surface area contributed by atoms with E-state index < -0.39 is 18.2 Å². The molecule has 0 spiro atoms. The van der Waals surface area contributed by atoms with Gasteiger partial charge in [0.15, 0.2) is 0 Å². The zero-order valence-electron chi connectivity index (χ0n) is 20.4. The van der Waals surface area contributed by atoms with Gasteiger partial charge in [0.1, 0.15) is 11.9 Å². The molecule has 3 rings (SSSR count). The van der Waals surface area contributed by atoms with Crippen LogP contribution in [-0.4, -0.2) is 35.7 Å². The molecule has 0 aliphatic carbocycles. The van der Waals surface area contributed by atoms with Gasteiger partial charge in [0, 0.05) is 23.7 Å². The average molecular weight is 496 g/mol. The van der Waals surface area contributed by atoms with Gasteiger partial charge in [-0.2, -0.15) is 0 Å². The van der Waals surface area contributed by atoms with Gasteiger partial charge in [-0.3, -0.25) is 4.79 Å². The fourth-order valence-corrected chi connectivity index (χ4v) is 4.03. The van der Waals surface area contributed by atoms with E-state index in [1.165, 1.54) is 0 Å². The maximum atomic E-state index is 13.0. The molecule has 0 radical (unpaired) electrons. The molecule has 0 aliphatic rings. The Labute approximate surface area is 211 Å². The number of carbonyl (C=O) groups is 2. The molecule has 7 heteroatoms. The lowest BCUT2D eigenvalue weighted by molar-refractivity contribution is -0.136. The number of hydrogen-bond acceptors (Lipinski definition) is 4.